The molecule has 0 aliphatic carbocycles. The minimum atomic E-state index is -1.21. The highest BCUT2D eigenvalue weighted by Gasteiger charge is 2.60. The van der Waals surface area contributed by atoms with Crippen molar-refractivity contribution in [1.82, 2.24) is 4.90 Å². The van der Waals surface area contributed by atoms with Crippen molar-refractivity contribution in [3.8, 4) is 0 Å². The van der Waals surface area contributed by atoms with Crippen molar-refractivity contribution in [3.05, 3.63) is 72.3 Å². The van der Waals surface area contributed by atoms with Gasteiger partial charge in [0.2, 0.25) is 11.8 Å². The molecule has 194 valence electrons. The topological polar surface area (TPSA) is 90.4 Å². The molecule has 37 heavy (non-hydrogen) atoms. The fourth-order valence-corrected chi connectivity index (χ4v) is 5.79. The number of benzene rings is 2. The summed E-state index contributed by atoms with van der Waals surface area (Å²) in [5, 5.41) is 9.56. The Kier molecular flexibility index (Phi) is 6.88. The third kappa shape index (κ3) is 4.34. The third-order valence-corrected chi connectivity index (χ3v) is 7.71. The van der Waals surface area contributed by atoms with Gasteiger partial charge in [-0.05, 0) is 30.2 Å². The molecule has 3 amide bonds. The first-order valence-corrected chi connectivity index (χ1v) is 12.9. The molecule has 3 heterocycles. The molecule has 0 saturated carbocycles. The first kappa shape index (κ1) is 25.2. The standard InChI is InChI=1S/C29H33N3O5/c1-3-12-32-25-10-9-22(31-13-11-26(31)34)17-24(25)29(28(32)36)20(2)16-23(37-29)18-27(35)30(14-15-33)19-21-7-5-4-6-8-21/h3-10,17,20,23,33H,1,11-16,18-19H2,2H3/t20-,23-,29+/m1/s1. The van der Waals surface area contributed by atoms with Gasteiger partial charge >= 0.3 is 0 Å². The Labute approximate surface area is 217 Å². The van der Waals surface area contributed by atoms with E-state index in [1.165, 1.54) is 0 Å². The monoisotopic (exact) mass is 503 g/mol. The van der Waals surface area contributed by atoms with E-state index in [1.54, 1.807) is 20.8 Å². The van der Waals surface area contributed by atoms with Crippen LogP contribution in [0.3, 0.4) is 0 Å². The second kappa shape index (κ2) is 10.1. The van der Waals surface area contributed by atoms with Crippen molar-refractivity contribution in [1.29, 1.82) is 0 Å². The molecule has 1 N–H and O–H groups in total. The van der Waals surface area contributed by atoms with Crippen LogP contribution in [0.2, 0.25) is 0 Å². The Hall–Kier alpha value is -3.49. The van der Waals surface area contributed by atoms with Crippen molar-refractivity contribution in [3.63, 3.8) is 0 Å². The van der Waals surface area contributed by atoms with E-state index < -0.39 is 11.7 Å². The van der Waals surface area contributed by atoms with E-state index in [4.69, 9.17) is 4.74 Å². The smallest absolute Gasteiger partial charge is 0.264 e. The van der Waals surface area contributed by atoms with Crippen LogP contribution in [-0.4, -0.2) is 60.1 Å². The fourth-order valence-electron chi connectivity index (χ4n) is 5.79. The molecule has 2 saturated heterocycles. The number of carbonyl (C=O) groups is 3. The highest BCUT2D eigenvalue weighted by Crippen LogP contribution is 2.54. The maximum Gasteiger partial charge on any atom is 0.264 e. The Morgan fingerprint density at radius 3 is 2.68 bits per heavy atom. The summed E-state index contributed by atoms with van der Waals surface area (Å²) in [6.45, 7) is 7.29. The number of aliphatic hydroxyl groups excluding tert-OH is 1. The first-order valence-electron chi connectivity index (χ1n) is 12.9. The van der Waals surface area contributed by atoms with Crippen molar-refractivity contribution >= 4 is 29.1 Å². The summed E-state index contributed by atoms with van der Waals surface area (Å²) in [6, 6.07) is 15.3. The summed E-state index contributed by atoms with van der Waals surface area (Å²) in [5.74, 6) is -0.393. The van der Waals surface area contributed by atoms with E-state index in [-0.39, 0.29) is 43.2 Å². The lowest BCUT2D eigenvalue weighted by Crippen LogP contribution is -2.45. The van der Waals surface area contributed by atoms with Gasteiger partial charge in [-0.2, -0.15) is 0 Å². The molecule has 2 aromatic carbocycles. The summed E-state index contributed by atoms with van der Waals surface area (Å²) in [5.41, 5.74) is 2.03. The van der Waals surface area contributed by atoms with Crippen molar-refractivity contribution in [2.24, 2.45) is 5.92 Å². The van der Waals surface area contributed by atoms with Crippen LogP contribution < -0.4 is 9.80 Å². The zero-order valence-electron chi connectivity index (χ0n) is 21.1. The predicted molar refractivity (Wildman–Crippen MR) is 140 cm³/mol. The van der Waals surface area contributed by atoms with Crippen LogP contribution in [0.1, 0.15) is 37.3 Å². The van der Waals surface area contributed by atoms with Gasteiger partial charge in [-0.15, -0.1) is 6.58 Å². The van der Waals surface area contributed by atoms with E-state index in [1.807, 2.05) is 55.5 Å². The molecule has 8 nitrogen and oxygen atoms in total. The van der Waals surface area contributed by atoms with Gasteiger partial charge in [0.1, 0.15) is 0 Å². The van der Waals surface area contributed by atoms with Crippen LogP contribution in [0.25, 0.3) is 0 Å². The molecule has 8 heteroatoms. The largest absolute Gasteiger partial charge is 0.395 e. The fraction of sp³-hybridized carbons (Fsp3) is 0.414. The number of nitrogens with zero attached hydrogens (tertiary/aromatic N) is 3. The number of carbonyl (C=O) groups excluding carboxylic acids is 3. The molecule has 3 aliphatic rings. The Balaban J connectivity index is 1.40. The number of anilines is 2. The van der Waals surface area contributed by atoms with Gasteiger partial charge in [-0.3, -0.25) is 14.4 Å². The minimum Gasteiger partial charge on any atom is -0.395 e. The summed E-state index contributed by atoms with van der Waals surface area (Å²) in [4.78, 5) is 44.3. The van der Waals surface area contributed by atoms with Gasteiger partial charge in [0, 0.05) is 49.8 Å². The van der Waals surface area contributed by atoms with Gasteiger partial charge < -0.3 is 24.5 Å². The van der Waals surface area contributed by atoms with Crippen LogP contribution >= 0.6 is 0 Å². The SMILES string of the molecule is C=CCN1C(=O)[C@@]2(O[C@@H](CC(=O)N(CCO)Cc3ccccc3)C[C@H]2C)c2cc(N3CCC3=O)ccc21. The highest BCUT2D eigenvalue weighted by atomic mass is 16.5. The summed E-state index contributed by atoms with van der Waals surface area (Å²) >= 11 is 0. The average Bonchev–Trinajstić information content (AvgIpc) is 3.33. The van der Waals surface area contributed by atoms with Crippen LogP contribution in [0.5, 0.6) is 0 Å². The maximum absolute atomic E-state index is 13.9. The van der Waals surface area contributed by atoms with Crippen LogP contribution in [0.4, 0.5) is 11.4 Å². The van der Waals surface area contributed by atoms with Crippen LogP contribution in [-0.2, 0) is 31.3 Å². The van der Waals surface area contributed by atoms with Crippen LogP contribution in [0.15, 0.2) is 61.2 Å². The van der Waals surface area contributed by atoms with Gasteiger partial charge in [-0.25, -0.2) is 0 Å². The Bertz CT molecular complexity index is 1220. The van der Waals surface area contributed by atoms with Crippen molar-refractivity contribution in [2.45, 2.75) is 44.4 Å². The molecule has 3 atom stereocenters. The number of ether oxygens (including phenoxy) is 1. The number of β-lactam (4-membered cyclic amide) rings is 1. The molecule has 0 unspecified atom stereocenters. The molecule has 2 fully saturated rings. The Morgan fingerprint density at radius 1 is 1.24 bits per heavy atom. The van der Waals surface area contributed by atoms with Crippen molar-refractivity contribution < 1.29 is 24.2 Å². The third-order valence-electron chi connectivity index (χ3n) is 7.71. The molecular weight excluding hydrogens is 470 g/mol. The Morgan fingerprint density at radius 2 is 2.03 bits per heavy atom. The molecule has 1 spiro atoms. The molecule has 3 aliphatic heterocycles. The van der Waals surface area contributed by atoms with Crippen LogP contribution in [0, 0.1) is 5.92 Å². The average molecular weight is 504 g/mol. The van der Waals surface area contributed by atoms with Gasteiger partial charge in [-0.1, -0.05) is 43.3 Å². The quantitative estimate of drug-likeness (QED) is 0.420. The zero-order valence-corrected chi connectivity index (χ0v) is 21.1. The van der Waals surface area contributed by atoms with E-state index >= 15 is 0 Å². The van der Waals surface area contributed by atoms with E-state index in [9.17, 15) is 19.5 Å². The van der Waals surface area contributed by atoms with E-state index in [0.717, 1.165) is 22.5 Å². The number of rotatable bonds is 9. The second-order valence-corrected chi connectivity index (χ2v) is 10.0. The zero-order chi connectivity index (χ0) is 26.2. The lowest BCUT2D eigenvalue weighted by molar-refractivity contribution is -0.149. The highest BCUT2D eigenvalue weighted by molar-refractivity contribution is 6.09. The molecule has 0 aromatic heterocycles. The molecule has 0 radical (unpaired) electrons. The van der Waals surface area contributed by atoms with Gasteiger partial charge in [0.25, 0.3) is 5.91 Å². The van der Waals surface area contributed by atoms with Gasteiger partial charge in [0.05, 0.1) is 24.8 Å². The number of fused-ring (bicyclic) bond motifs is 2. The second-order valence-electron chi connectivity index (χ2n) is 10.0. The van der Waals surface area contributed by atoms with E-state index in [0.29, 0.717) is 32.5 Å². The molecule has 5 rings (SSSR count). The van der Waals surface area contributed by atoms with Gasteiger partial charge in [0.15, 0.2) is 5.60 Å². The number of amides is 3. The lowest BCUT2D eigenvalue weighted by atomic mass is 9.82. The molecular formula is C29H33N3O5. The predicted octanol–water partition coefficient (Wildman–Crippen LogP) is 2.99. The summed E-state index contributed by atoms with van der Waals surface area (Å²) < 4.78 is 6.56. The normalized spacial score (nSPS) is 24.4. The van der Waals surface area contributed by atoms with Crippen molar-refractivity contribution in [2.75, 3.05) is 36.0 Å². The maximum atomic E-state index is 13.9. The molecule has 2 aromatic rings. The number of hydrogen-bond donors (Lipinski definition) is 1. The first-order chi connectivity index (χ1) is 17.9. The van der Waals surface area contributed by atoms with E-state index in [2.05, 4.69) is 6.58 Å². The lowest BCUT2D eigenvalue weighted by Gasteiger charge is -2.32. The number of hydrogen-bond acceptors (Lipinski definition) is 5. The number of aliphatic hydroxyl groups is 1. The summed E-state index contributed by atoms with van der Waals surface area (Å²) in [7, 11) is 0. The molecule has 0 bridgehead atoms. The minimum absolute atomic E-state index is 0.0625. The summed E-state index contributed by atoms with van der Waals surface area (Å²) in [6.07, 6.45) is 2.42.